The van der Waals surface area contributed by atoms with Gasteiger partial charge < -0.3 is 10.8 Å². The molecule has 1 aromatic heterocycles. The first-order valence-electron chi connectivity index (χ1n) is 3.09. The Labute approximate surface area is 59.5 Å². The van der Waals surface area contributed by atoms with Crippen molar-refractivity contribution in [1.82, 2.24) is 4.98 Å². The zero-order valence-corrected chi connectivity index (χ0v) is 5.83. The predicted molar refractivity (Wildman–Crippen MR) is 38.5 cm³/mol. The van der Waals surface area contributed by atoms with Crippen molar-refractivity contribution in [2.24, 2.45) is 5.73 Å². The van der Waals surface area contributed by atoms with Crippen molar-refractivity contribution in [3.05, 3.63) is 23.5 Å². The Balaban J connectivity index is 3.14. The first-order chi connectivity index (χ1) is 4.75. The summed E-state index contributed by atoms with van der Waals surface area (Å²) >= 11 is 0. The smallest absolute Gasteiger partial charge is 0.141 e. The lowest BCUT2D eigenvalue weighted by Gasteiger charge is -2.01. The van der Waals surface area contributed by atoms with E-state index in [1.54, 1.807) is 19.2 Å². The standard InChI is InChI=1S/C7H10N2O/c1-5-7(10)6(4-8)2-3-9-5/h2-3,10H,4,8H2,1H3. The van der Waals surface area contributed by atoms with Gasteiger partial charge in [-0.1, -0.05) is 0 Å². The third-order valence-corrected chi connectivity index (χ3v) is 1.41. The maximum Gasteiger partial charge on any atom is 0.141 e. The van der Waals surface area contributed by atoms with Crippen LogP contribution in [0.15, 0.2) is 12.3 Å². The third-order valence-electron chi connectivity index (χ3n) is 1.41. The molecule has 0 saturated carbocycles. The van der Waals surface area contributed by atoms with Gasteiger partial charge in [-0.05, 0) is 13.0 Å². The van der Waals surface area contributed by atoms with Gasteiger partial charge in [0.25, 0.3) is 0 Å². The van der Waals surface area contributed by atoms with E-state index in [1.807, 2.05) is 0 Å². The van der Waals surface area contributed by atoms with Crippen LogP contribution in [0.25, 0.3) is 0 Å². The highest BCUT2D eigenvalue weighted by Crippen LogP contribution is 2.17. The Bertz CT molecular complexity index is 235. The second-order valence-electron chi connectivity index (χ2n) is 2.11. The van der Waals surface area contributed by atoms with Crippen LogP contribution >= 0.6 is 0 Å². The molecule has 0 aromatic carbocycles. The van der Waals surface area contributed by atoms with Crippen LogP contribution < -0.4 is 5.73 Å². The first kappa shape index (κ1) is 7.02. The maximum absolute atomic E-state index is 9.26. The molecule has 3 N–H and O–H groups in total. The third kappa shape index (κ3) is 1.09. The average molecular weight is 138 g/mol. The number of nitrogens with zero attached hydrogens (tertiary/aromatic N) is 1. The van der Waals surface area contributed by atoms with Crippen LogP contribution in [0.3, 0.4) is 0 Å². The molecule has 3 heteroatoms. The minimum atomic E-state index is 0.213. The van der Waals surface area contributed by atoms with Crippen LogP contribution in [-0.2, 0) is 6.54 Å². The molecule has 0 radical (unpaired) electrons. The Kier molecular flexibility index (Phi) is 1.87. The van der Waals surface area contributed by atoms with Crippen LogP contribution in [0.4, 0.5) is 0 Å². The first-order valence-corrected chi connectivity index (χ1v) is 3.09. The summed E-state index contributed by atoms with van der Waals surface area (Å²) in [5, 5.41) is 9.26. The quantitative estimate of drug-likeness (QED) is 0.596. The molecule has 0 unspecified atom stereocenters. The van der Waals surface area contributed by atoms with E-state index in [0.717, 1.165) is 5.56 Å². The molecule has 0 aliphatic heterocycles. The van der Waals surface area contributed by atoms with Crippen molar-refractivity contribution in [3.63, 3.8) is 0 Å². The molecule has 10 heavy (non-hydrogen) atoms. The van der Waals surface area contributed by atoms with E-state index < -0.39 is 0 Å². The average Bonchev–Trinajstić information content (AvgIpc) is 1.95. The highest BCUT2D eigenvalue weighted by Gasteiger charge is 2.00. The number of aromatic hydroxyl groups is 1. The largest absolute Gasteiger partial charge is 0.506 e. The van der Waals surface area contributed by atoms with Crippen molar-refractivity contribution >= 4 is 0 Å². The van der Waals surface area contributed by atoms with Crippen molar-refractivity contribution in [1.29, 1.82) is 0 Å². The summed E-state index contributed by atoms with van der Waals surface area (Å²) in [6.07, 6.45) is 1.64. The van der Waals surface area contributed by atoms with Gasteiger partial charge in [0.2, 0.25) is 0 Å². The normalized spacial score (nSPS) is 9.80. The number of rotatable bonds is 1. The Morgan fingerprint density at radius 3 is 2.90 bits per heavy atom. The summed E-state index contributed by atoms with van der Waals surface area (Å²) in [4.78, 5) is 3.88. The highest BCUT2D eigenvalue weighted by molar-refractivity contribution is 5.34. The maximum atomic E-state index is 9.26. The van der Waals surface area contributed by atoms with E-state index in [1.165, 1.54) is 0 Å². The SMILES string of the molecule is Cc1nccc(CN)c1O. The van der Waals surface area contributed by atoms with Crippen LogP contribution in [0.5, 0.6) is 5.75 Å². The lowest BCUT2D eigenvalue weighted by Crippen LogP contribution is -1.98. The van der Waals surface area contributed by atoms with Gasteiger partial charge in [-0.3, -0.25) is 4.98 Å². The van der Waals surface area contributed by atoms with E-state index in [4.69, 9.17) is 5.73 Å². The van der Waals surface area contributed by atoms with E-state index in [9.17, 15) is 5.11 Å². The second kappa shape index (κ2) is 2.66. The highest BCUT2D eigenvalue weighted by atomic mass is 16.3. The van der Waals surface area contributed by atoms with Gasteiger partial charge in [0.15, 0.2) is 0 Å². The summed E-state index contributed by atoms with van der Waals surface area (Å²) in [6.45, 7) is 2.10. The molecule has 0 aliphatic carbocycles. The lowest BCUT2D eigenvalue weighted by atomic mass is 10.2. The number of pyridine rings is 1. The van der Waals surface area contributed by atoms with Gasteiger partial charge in [-0.2, -0.15) is 0 Å². The molecular formula is C7H10N2O. The summed E-state index contributed by atoms with van der Waals surface area (Å²) in [5.41, 5.74) is 6.70. The van der Waals surface area contributed by atoms with Gasteiger partial charge in [0, 0.05) is 18.3 Å². The molecule has 0 bridgehead atoms. The fourth-order valence-corrected chi connectivity index (χ4v) is 0.776. The van der Waals surface area contributed by atoms with Crippen LogP contribution in [-0.4, -0.2) is 10.1 Å². The van der Waals surface area contributed by atoms with Gasteiger partial charge in [-0.15, -0.1) is 0 Å². The molecular weight excluding hydrogens is 128 g/mol. The second-order valence-corrected chi connectivity index (χ2v) is 2.11. The van der Waals surface area contributed by atoms with Gasteiger partial charge in [0.1, 0.15) is 5.75 Å². The zero-order chi connectivity index (χ0) is 7.56. The van der Waals surface area contributed by atoms with Crippen LogP contribution in [0, 0.1) is 6.92 Å². The number of aryl methyl sites for hydroxylation is 1. The molecule has 1 heterocycles. The minimum absolute atomic E-state index is 0.213. The molecule has 0 saturated heterocycles. The Hall–Kier alpha value is -1.09. The molecule has 0 aliphatic rings. The van der Waals surface area contributed by atoms with Crippen molar-refractivity contribution in [3.8, 4) is 5.75 Å². The van der Waals surface area contributed by atoms with Crippen molar-refractivity contribution in [2.45, 2.75) is 13.5 Å². The predicted octanol–water partition coefficient (Wildman–Crippen LogP) is 0.554. The van der Waals surface area contributed by atoms with Crippen molar-refractivity contribution in [2.75, 3.05) is 0 Å². The fraction of sp³-hybridized carbons (Fsp3) is 0.286. The monoisotopic (exact) mass is 138 g/mol. The molecule has 0 amide bonds. The molecule has 3 nitrogen and oxygen atoms in total. The number of hydrogen-bond donors (Lipinski definition) is 2. The molecule has 54 valence electrons. The van der Waals surface area contributed by atoms with E-state index in [-0.39, 0.29) is 5.75 Å². The molecule has 0 fully saturated rings. The van der Waals surface area contributed by atoms with E-state index >= 15 is 0 Å². The van der Waals surface area contributed by atoms with Gasteiger partial charge in [0.05, 0.1) is 5.69 Å². The Morgan fingerprint density at radius 2 is 2.40 bits per heavy atom. The van der Waals surface area contributed by atoms with Gasteiger partial charge in [-0.25, -0.2) is 0 Å². The summed E-state index contributed by atoms with van der Waals surface area (Å²) in [7, 11) is 0. The Morgan fingerprint density at radius 1 is 1.70 bits per heavy atom. The van der Waals surface area contributed by atoms with E-state index in [2.05, 4.69) is 4.98 Å². The summed E-state index contributed by atoms with van der Waals surface area (Å²) in [6, 6.07) is 1.71. The number of aromatic nitrogens is 1. The summed E-state index contributed by atoms with van der Waals surface area (Å²) in [5.74, 6) is 0.213. The lowest BCUT2D eigenvalue weighted by molar-refractivity contribution is 0.460. The number of nitrogens with two attached hydrogens (primary N) is 1. The molecule has 0 atom stereocenters. The molecule has 0 spiro atoms. The van der Waals surface area contributed by atoms with Crippen LogP contribution in [0.1, 0.15) is 11.3 Å². The van der Waals surface area contributed by atoms with E-state index in [0.29, 0.717) is 12.2 Å². The van der Waals surface area contributed by atoms with Gasteiger partial charge >= 0.3 is 0 Å². The minimum Gasteiger partial charge on any atom is -0.506 e. The zero-order valence-electron chi connectivity index (χ0n) is 5.83. The van der Waals surface area contributed by atoms with Crippen LogP contribution in [0.2, 0.25) is 0 Å². The molecule has 1 aromatic rings. The number of hydrogen-bond acceptors (Lipinski definition) is 3. The molecule has 1 rings (SSSR count). The summed E-state index contributed by atoms with van der Waals surface area (Å²) < 4.78 is 0. The van der Waals surface area contributed by atoms with Crippen molar-refractivity contribution < 1.29 is 5.11 Å². The fourth-order valence-electron chi connectivity index (χ4n) is 0.776. The topological polar surface area (TPSA) is 59.1 Å².